The van der Waals surface area contributed by atoms with Gasteiger partial charge in [0, 0.05) is 57.1 Å². The average Bonchev–Trinajstić information content (AvgIpc) is 3.27. The number of carbonyl (C=O) groups excluding carboxylic acids is 2. The molecule has 2 aromatic heterocycles. The van der Waals surface area contributed by atoms with Gasteiger partial charge in [-0.25, -0.2) is 0 Å². The van der Waals surface area contributed by atoms with E-state index in [0.29, 0.717) is 31.6 Å². The van der Waals surface area contributed by atoms with Crippen LogP contribution in [0.5, 0.6) is 0 Å². The Hall–Kier alpha value is -2.70. The first-order chi connectivity index (χ1) is 11.6. The molecule has 2 saturated heterocycles. The second-order valence-electron chi connectivity index (χ2n) is 6.75. The normalized spacial score (nSPS) is 23.5. The molecule has 2 fully saturated rings. The lowest BCUT2D eigenvalue weighted by molar-refractivity contribution is -0.117. The Balaban J connectivity index is 1.50. The van der Waals surface area contributed by atoms with Crippen LogP contribution >= 0.6 is 0 Å². The number of anilines is 1. The molecule has 1 spiro atoms. The van der Waals surface area contributed by atoms with Gasteiger partial charge in [-0.3, -0.25) is 19.3 Å². The number of nitrogens with zero attached hydrogens (tertiary/aromatic N) is 5. The lowest BCUT2D eigenvalue weighted by Gasteiger charge is -2.23. The van der Waals surface area contributed by atoms with E-state index < -0.39 is 0 Å². The zero-order valence-electron chi connectivity index (χ0n) is 13.6. The third kappa shape index (κ3) is 2.46. The van der Waals surface area contributed by atoms with Gasteiger partial charge >= 0.3 is 0 Å². The minimum Gasteiger partial charge on any atom is -0.338 e. The van der Waals surface area contributed by atoms with E-state index in [9.17, 15) is 9.59 Å². The predicted molar refractivity (Wildman–Crippen MR) is 87.4 cm³/mol. The van der Waals surface area contributed by atoms with Gasteiger partial charge in [-0.05, 0) is 18.6 Å². The summed E-state index contributed by atoms with van der Waals surface area (Å²) in [6.07, 6.45) is 8.15. The molecule has 7 heteroatoms. The zero-order valence-corrected chi connectivity index (χ0v) is 13.6. The molecule has 7 nitrogen and oxygen atoms in total. The van der Waals surface area contributed by atoms with Gasteiger partial charge in [0.05, 0.1) is 17.4 Å². The predicted octanol–water partition coefficient (Wildman–Crippen LogP) is 1.08. The van der Waals surface area contributed by atoms with Crippen LogP contribution in [0.15, 0.2) is 36.9 Å². The Kier molecular flexibility index (Phi) is 3.37. The van der Waals surface area contributed by atoms with Gasteiger partial charge in [0.2, 0.25) is 5.91 Å². The topological polar surface area (TPSA) is 71.3 Å². The molecule has 124 valence electrons. The molecule has 0 bridgehead atoms. The summed E-state index contributed by atoms with van der Waals surface area (Å²) in [6.45, 7) is 1.94. The molecule has 24 heavy (non-hydrogen) atoms. The fourth-order valence-corrected chi connectivity index (χ4v) is 3.73. The van der Waals surface area contributed by atoms with E-state index in [1.807, 2.05) is 18.1 Å². The van der Waals surface area contributed by atoms with Gasteiger partial charge in [0.1, 0.15) is 0 Å². The highest BCUT2D eigenvalue weighted by molar-refractivity contribution is 5.97. The van der Waals surface area contributed by atoms with E-state index in [4.69, 9.17) is 0 Å². The summed E-state index contributed by atoms with van der Waals surface area (Å²) in [5, 5.41) is 4.14. The van der Waals surface area contributed by atoms with Crippen LogP contribution in [0.25, 0.3) is 0 Å². The van der Waals surface area contributed by atoms with E-state index in [1.165, 1.54) is 0 Å². The molecule has 2 aliphatic heterocycles. The van der Waals surface area contributed by atoms with Gasteiger partial charge in [-0.1, -0.05) is 0 Å². The molecule has 0 N–H and O–H groups in total. The van der Waals surface area contributed by atoms with Crippen LogP contribution < -0.4 is 4.90 Å². The highest BCUT2D eigenvalue weighted by Gasteiger charge is 2.49. The number of carbonyl (C=O) groups is 2. The number of hydrogen-bond donors (Lipinski definition) is 0. The van der Waals surface area contributed by atoms with Gasteiger partial charge in [-0.15, -0.1) is 0 Å². The molecule has 4 rings (SSSR count). The first-order valence-corrected chi connectivity index (χ1v) is 8.05. The maximum absolute atomic E-state index is 12.6. The molecular formula is C17H19N5O2. The molecule has 0 radical (unpaired) electrons. The van der Waals surface area contributed by atoms with Crippen molar-refractivity contribution in [1.82, 2.24) is 19.7 Å². The third-order valence-corrected chi connectivity index (χ3v) is 4.96. The van der Waals surface area contributed by atoms with Crippen molar-refractivity contribution in [3.05, 3.63) is 42.5 Å². The van der Waals surface area contributed by atoms with Crippen molar-refractivity contribution in [2.24, 2.45) is 12.5 Å². The number of likely N-dealkylation sites (tertiary alicyclic amines) is 1. The largest absolute Gasteiger partial charge is 0.338 e. The molecule has 0 aromatic carbocycles. The van der Waals surface area contributed by atoms with Gasteiger partial charge < -0.3 is 9.80 Å². The van der Waals surface area contributed by atoms with Gasteiger partial charge in [0.25, 0.3) is 5.91 Å². The summed E-state index contributed by atoms with van der Waals surface area (Å²) in [5.41, 5.74) is 1.28. The van der Waals surface area contributed by atoms with E-state index >= 15 is 0 Å². The van der Waals surface area contributed by atoms with Crippen LogP contribution in [0, 0.1) is 5.41 Å². The summed E-state index contributed by atoms with van der Waals surface area (Å²) in [7, 11) is 1.84. The number of aryl methyl sites for hydroxylation is 1. The van der Waals surface area contributed by atoms with Crippen molar-refractivity contribution in [2.75, 3.05) is 24.5 Å². The lowest BCUT2D eigenvalue weighted by atomic mass is 9.86. The molecule has 0 unspecified atom stereocenters. The number of aromatic nitrogens is 3. The summed E-state index contributed by atoms with van der Waals surface area (Å²) >= 11 is 0. The van der Waals surface area contributed by atoms with Crippen LogP contribution in [-0.4, -0.2) is 51.1 Å². The Labute approximate surface area is 139 Å². The van der Waals surface area contributed by atoms with Crippen LogP contribution in [0.3, 0.4) is 0 Å². The first kappa shape index (κ1) is 14.9. The fraction of sp³-hybridized carbons (Fsp3) is 0.412. The monoisotopic (exact) mass is 325 g/mol. The van der Waals surface area contributed by atoms with Crippen molar-refractivity contribution in [2.45, 2.75) is 12.8 Å². The number of rotatable bonds is 2. The minimum absolute atomic E-state index is 0.00717. The van der Waals surface area contributed by atoms with Crippen LogP contribution in [0.4, 0.5) is 5.69 Å². The summed E-state index contributed by atoms with van der Waals surface area (Å²) in [4.78, 5) is 32.7. The Morgan fingerprint density at radius 2 is 2.17 bits per heavy atom. The fourth-order valence-electron chi connectivity index (χ4n) is 3.73. The minimum atomic E-state index is -0.148. The standard InChI is InChI=1S/C17H19N5O2/c1-20-10-14(9-19-20)22-12-17(7-15(22)23)4-6-21(11-17)16(24)13-3-2-5-18-8-13/h2-3,5,8-10H,4,6-7,11-12H2,1H3/t17-/m1/s1. The maximum atomic E-state index is 12.6. The highest BCUT2D eigenvalue weighted by atomic mass is 16.2. The number of hydrogen-bond acceptors (Lipinski definition) is 4. The molecule has 0 saturated carbocycles. The van der Waals surface area contributed by atoms with Crippen molar-refractivity contribution in [3.63, 3.8) is 0 Å². The van der Waals surface area contributed by atoms with Crippen LogP contribution in [-0.2, 0) is 11.8 Å². The summed E-state index contributed by atoms with van der Waals surface area (Å²) in [6, 6.07) is 3.55. The molecule has 0 aliphatic carbocycles. The molecule has 2 amide bonds. The van der Waals surface area contributed by atoms with Crippen LogP contribution in [0.1, 0.15) is 23.2 Å². The Morgan fingerprint density at radius 1 is 1.29 bits per heavy atom. The van der Waals surface area contributed by atoms with E-state index in [0.717, 1.165) is 12.1 Å². The Morgan fingerprint density at radius 3 is 2.88 bits per heavy atom. The highest BCUT2D eigenvalue weighted by Crippen LogP contribution is 2.42. The maximum Gasteiger partial charge on any atom is 0.255 e. The van der Waals surface area contributed by atoms with Crippen molar-refractivity contribution >= 4 is 17.5 Å². The summed E-state index contributed by atoms with van der Waals surface area (Å²) < 4.78 is 1.69. The van der Waals surface area contributed by atoms with E-state index in [1.54, 1.807) is 40.3 Å². The van der Waals surface area contributed by atoms with E-state index in [-0.39, 0.29) is 17.2 Å². The van der Waals surface area contributed by atoms with Crippen molar-refractivity contribution in [1.29, 1.82) is 0 Å². The lowest BCUT2D eigenvalue weighted by Crippen LogP contribution is -2.34. The van der Waals surface area contributed by atoms with Crippen molar-refractivity contribution in [3.8, 4) is 0 Å². The molecule has 2 aromatic rings. The summed E-state index contributed by atoms with van der Waals surface area (Å²) in [5.74, 6) is 0.103. The molecule has 2 aliphatic rings. The number of pyridine rings is 1. The van der Waals surface area contributed by atoms with E-state index in [2.05, 4.69) is 10.1 Å². The molecule has 4 heterocycles. The smallest absolute Gasteiger partial charge is 0.255 e. The number of amides is 2. The average molecular weight is 325 g/mol. The SMILES string of the molecule is Cn1cc(N2C[C@]3(CCN(C(=O)c4cccnc4)C3)CC2=O)cn1. The van der Waals surface area contributed by atoms with Gasteiger partial charge in [0.15, 0.2) is 0 Å². The second kappa shape index (κ2) is 5.43. The molecule has 1 atom stereocenters. The first-order valence-electron chi connectivity index (χ1n) is 8.05. The zero-order chi connectivity index (χ0) is 16.7. The second-order valence-corrected chi connectivity index (χ2v) is 6.75. The van der Waals surface area contributed by atoms with Crippen LogP contribution in [0.2, 0.25) is 0 Å². The quantitative estimate of drug-likeness (QED) is 0.828. The van der Waals surface area contributed by atoms with Crippen molar-refractivity contribution < 1.29 is 9.59 Å². The molecular weight excluding hydrogens is 306 g/mol. The third-order valence-electron chi connectivity index (χ3n) is 4.96. The Bertz CT molecular complexity index is 787. The van der Waals surface area contributed by atoms with Gasteiger partial charge in [-0.2, -0.15) is 5.10 Å².